The molecule has 5 nitrogen and oxygen atoms in total. The van der Waals surface area contributed by atoms with Gasteiger partial charge in [0.05, 0.1) is 15.8 Å². The van der Waals surface area contributed by atoms with Crippen molar-refractivity contribution in [1.29, 1.82) is 0 Å². The number of rotatable bonds is 7. The van der Waals surface area contributed by atoms with Gasteiger partial charge in [-0.25, -0.2) is 17.8 Å². The highest BCUT2D eigenvalue weighted by atomic mass is 32.2. The van der Waals surface area contributed by atoms with Gasteiger partial charge in [0, 0.05) is 17.7 Å². The second-order valence-electron chi connectivity index (χ2n) is 7.25. The van der Waals surface area contributed by atoms with Gasteiger partial charge in [0.1, 0.15) is 5.82 Å². The number of aromatic nitrogens is 1. The fourth-order valence-corrected chi connectivity index (χ4v) is 5.30. The summed E-state index contributed by atoms with van der Waals surface area (Å²) in [5, 5.41) is 2.21. The van der Waals surface area contributed by atoms with Gasteiger partial charge in [-0.3, -0.25) is 4.79 Å². The molecule has 0 aliphatic carbocycles. The van der Waals surface area contributed by atoms with E-state index in [1.165, 1.54) is 36.0 Å². The molecule has 0 saturated carbocycles. The molecular weight excluding hydrogens is 423 g/mol. The number of hydrogen-bond donors (Lipinski definition) is 1. The number of amides is 1. The third-order valence-electron chi connectivity index (χ3n) is 4.77. The Bertz CT molecular complexity index is 1140. The number of hydrogen-bond acceptors (Lipinski definition) is 5. The number of anilines is 1. The van der Waals surface area contributed by atoms with Gasteiger partial charge in [-0.2, -0.15) is 0 Å². The molecule has 1 unspecified atom stereocenters. The first-order valence-electron chi connectivity index (χ1n) is 9.46. The fourth-order valence-electron chi connectivity index (χ4n) is 2.93. The number of nitrogens with one attached hydrogen (secondary N) is 1. The van der Waals surface area contributed by atoms with E-state index in [1.54, 1.807) is 0 Å². The number of halogens is 1. The molecule has 158 valence electrons. The maximum absolute atomic E-state index is 13.1. The summed E-state index contributed by atoms with van der Waals surface area (Å²) in [6.45, 7) is 5.39. The van der Waals surface area contributed by atoms with Crippen LogP contribution in [-0.2, 0) is 21.1 Å². The van der Waals surface area contributed by atoms with Crippen LogP contribution in [0.4, 0.5) is 9.52 Å². The van der Waals surface area contributed by atoms with Crippen molar-refractivity contribution < 1.29 is 17.6 Å². The Balaban J connectivity index is 1.64. The molecule has 0 saturated heterocycles. The number of nitrogens with zero attached hydrogens (tertiary/aromatic N) is 1. The molecule has 1 N–H and O–H groups in total. The molecule has 0 fully saturated rings. The van der Waals surface area contributed by atoms with Crippen molar-refractivity contribution in [2.24, 2.45) is 0 Å². The monoisotopic (exact) mass is 446 g/mol. The highest BCUT2D eigenvalue weighted by molar-refractivity contribution is 7.92. The average molecular weight is 447 g/mol. The first kappa shape index (κ1) is 22.1. The molecule has 3 aromatic rings. The number of carbonyl (C=O) groups excluding carboxylic acids is 1. The van der Waals surface area contributed by atoms with E-state index in [0.29, 0.717) is 5.13 Å². The highest BCUT2D eigenvalue weighted by Gasteiger charge is 2.26. The van der Waals surface area contributed by atoms with Crippen molar-refractivity contribution >= 4 is 32.2 Å². The molecular formula is C22H23FN2O3S2. The molecule has 3 rings (SSSR count). The lowest BCUT2D eigenvalue weighted by molar-refractivity contribution is -0.116. The third-order valence-corrected chi connectivity index (χ3v) is 8.00. The topological polar surface area (TPSA) is 76.1 Å². The van der Waals surface area contributed by atoms with Crippen LogP contribution < -0.4 is 5.32 Å². The standard InChI is InChI=1S/C22H23FN2O3S2/c1-14-4-6-17(7-5-14)13-20-16(3)24-22(29-20)25-21(26)12-15(2)30(27,28)19-10-8-18(23)9-11-19/h4-11,15H,12-13H2,1-3H3,(H,24,25,26). The number of thiazole rings is 1. The molecule has 0 aliphatic heterocycles. The van der Waals surface area contributed by atoms with Gasteiger partial charge in [0.15, 0.2) is 15.0 Å². The Kier molecular flexibility index (Phi) is 6.67. The molecule has 1 atom stereocenters. The van der Waals surface area contributed by atoms with E-state index in [1.807, 2.05) is 13.8 Å². The second kappa shape index (κ2) is 9.06. The zero-order valence-corrected chi connectivity index (χ0v) is 18.6. The van der Waals surface area contributed by atoms with Gasteiger partial charge in [-0.1, -0.05) is 29.8 Å². The smallest absolute Gasteiger partial charge is 0.227 e. The Morgan fingerprint density at radius 2 is 1.73 bits per heavy atom. The zero-order valence-electron chi connectivity index (χ0n) is 17.0. The quantitative estimate of drug-likeness (QED) is 0.535. The summed E-state index contributed by atoms with van der Waals surface area (Å²) in [6.07, 6.45) is 0.501. The van der Waals surface area contributed by atoms with Gasteiger partial charge < -0.3 is 5.32 Å². The van der Waals surface area contributed by atoms with Crippen LogP contribution in [0, 0.1) is 19.7 Å². The summed E-state index contributed by atoms with van der Waals surface area (Å²) in [6, 6.07) is 12.8. The Hall–Kier alpha value is -2.58. The highest BCUT2D eigenvalue weighted by Crippen LogP contribution is 2.26. The molecule has 0 bridgehead atoms. The molecule has 8 heteroatoms. The summed E-state index contributed by atoms with van der Waals surface area (Å²) in [4.78, 5) is 17.8. The van der Waals surface area contributed by atoms with Crippen LogP contribution in [0.15, 0.2) is 53.4 Å². The molecule has 1 aromatic heterocycles. The summed E-state index contributed by atoms with van der Waals surface area (Å²) in [5.74, 6) is -0.941. The van der Waals surface area contributed by atoms with Crippen molar-refractivity contribution in [3.05, 3.63) is 76.0 Å². The van der Waals surface area contributed by atoms with Gasteiger partial charge in [-0.05, 0) is 50.6 Å². The number of aryl methyl sites for hydroxylation is 2. The van der Waals surface area contributed by atoms with Crippen LogP contribution in [0.3, 0.4) is 0 Å². The van der Waals surface area contributed by atoms with Crippen LogP contribution in [0.25, 0.3) is 0 Å². The second-order valence-corrected chi connectivity index (χ2v) is 10.7. The molecule has 0 spiro atoms. The van der Waals surface area contributed by atoms with Crippen molar-refractivity contribution in [3.8, 4) is 0 Å². The van der Waals surface area contributed by atoms with Gasteiger partial charge in [0.25, 0.3) is 0 Å². The van der Waals surface area contributed by atoms with Crippen molar-refractivity contribution in [2.75, 3.05) is 5.32 Å². The lowest BCUT2D eigenvalue weighted by Gasteiger charge is -2.12. The molecule has 1 heterocycles. The Morgan fingerprint density at radius 3 is 2.37 bits per heavy atom. The first-order chi connectivity index (χ1) is 14.1. The van der Waals surface area contributed by atoms with Crippen molar-refractivity contribution in [1.82, 2.24) is 4.98 Å². The lowest BCUT2D eigenvalue weighted by Crippen LogP contribution is -2.25. The molecule has 0 radical (unpaired) electrons. The molecule has 1 amide bonds. The van der Waals surface area contributed by atoms with Crippen molar-refractivity contribution in [3.63, 3.8) is 0 Å². The lowest BCUT2D eigenvalue weighted by atomic mass is 10.1. The van der Waals surface area contributed by atoms with Gasteiger partial charge >= 0.3 is 0 Å². The Labute approximate surface area is 179 Å². The van der Waals surface area contributed by atoms with Gasteiger partial charge in [-0.15, -0.1) is 11.3 Å². The maximum Gasteiger partial charge on any atom is 0.227 e. The van der Waals surface area contributed by atoms with Gasteiger partial charge in [0.2, 0.25) is 5.91 Å². The zero-order chi connectivity index (χ0) is 21.9. The minimum atomic E-state index is -3.73. The number of sulfone groups is 1. The SMILES string of the molecule is Cc1ccc(Cc2sc(NC(=O)CC(C)S(=O)(=O)c3ccc(F)cc3)nc2C)cc1. The molecule has 2 aromatic carbocycles. The van der Waals surface area contributed by atoms with E-state index >= 15 is 0 Å². The van der Waals surface area contributed by atoms with E-state index in [0.717, 1.165) is 34.7 Å². The number of benzene rings is 2. The summed E-state index contributed by atoms with van der Waals surface area (Å²) in [7, 11) is -3.73. The normalized spacial score (nSPS) is 12.5. The van der Waals surface area contributed by atoms with Crippen LogP contribution in [-0.4, -0.2) is 24.6 Å². The summed E-state index contributed by atoms with van der Waals surface area (Å²) in [5.41, 5.74) is 3.18. The predicted octanol–water partition coefficient (Wildman–Crippen LogP) is 4.68. The largest absolute Gasteiger partial charge is 0.302 e. The predicted molar refractivity (Wildman–Crippen MR) is 117 cm³/mol. The maximum atomic E-state index is 13.1. The number of carbonyl (C=O) groups is 1. The van der Waals surface area contributed by atoms with Crippen molar-refractivity contribution in [2.45, 2.75) is 43.8 Å². The van der Waals surface area contributed by atoms with Crippen LogP contribution in [0.2, 0.25) is 0 Å². The van der Waals surface area contributed by atoms with Crippen LogP contribution in [0.1, 0.15) is 35.0 Å². The minimum Gasteiger partial charge on any atom is -0.302 e. The molecule has 30 heavy (non-hydrogen) atoms. The summed E-state index contributed by atoms with van der Waals surface area (Å²) >= 11 is 1.39. The third kappa shape index (κ3) is 5.31. The fraction of sp³-hybridized carbons (Fsp3) is 0.273. The van der Waals surface area contributed by atoms with E-state index in [9.17, 15) is 17.6 Å². The van der Waals surface area contributed by atoms with E-state index in [2.05, 4.69) is 34.6 Å². The first-order valence-corrected chi connectivity index (χ1v) is 11.8. The average Bonchev–Trinajstić information content (AvgIpc) is 3.02. The summed E-state index contributed by atoms with van der Waals surface area (Å²) < 4.78 is 38.3. The Morgan fingerprint density at radius 1 is 1.10 bits per heavy atom. The van der Waals surface area contributed by atoms with E-state index in [-0.39, 0.29) is 11.3 Å². The van der Waals surface area contributed by atoms with E-state index in [4.69, 9.17) is 0 Å². The minimum absolute atomic E-state index is 0.00493. The molecule has 0 aliphatic rings. The van der Waals surface area contributed by atoms with Crippen LogP contribution in [0.5, 0.6) is 0 Å². The van der Waals surface area contributed by atoms with E-state index < -0.39 is 26.8 Å². The van der Waals surface area contributed by atoms with Crippen LogP contribution >= 0.6 is 11.3 Å².